The first-order valence-corrected chi connectivity index (χ1v) is 9.34. The van der Waals surface area contributed by atoms with Gasteiger partial charge in [0.2, 0.25) is 0 Å². The summed E-state index contributed by atoms with van der Waals surface area (Å²) < 4.78 is 11.3. The lowest BCUT2D eigenvalue weighted by Crippen LogP contribution is -2.41. The summed E-state index contributed by atoms with van der Waals surface area (Å²) in [5.74, 6) is 1.08. The van der Waals surface area contributed by atoms with Crippen LogP contribution in [0.1, 0.15) is 29.2 Å². The maximum absolute atomic E-state index is 12.4. The van der Waals surface area contributed by atoms with Gasteiger partial charge in [-0.1, -0.05) is 23.4 Å². The van der Waals surface area contributed by atoms with Gasteiger partial charge in [0.15, 0.2) is 5.82 Å². The Morgan fingerprint density at radius 1 is 1.18 bits per heavy atom. The van der Waals surface area contributed by atoms with Gasteiger partial charge in [0, 0.05) is 37.5 Å². The summed E-state index contributed by atoms with van der Waals surface area (Å²) in [6.45, 7) is 1.83. The maximum atomic E-state index is 12.4. The average Bonchev–Trinajstić information content (AvgIpc) is 3.24. The van der Waals surface area contributed by atoms with Gasteiger partial charge in [-0.05, 0) is 25.0 Å². The van der Waals surface area contributed by atoms with Crippen LogP contribution in [0.3, 0.4) is 0 Å². The van der Waals surface area contributed by atoms with Crippen LogP contribution in [0.2, 0.25) is 0 Å². The Morgan fingerprint density at radius 3 is 2.75 bits per heavy atom. The lowest BCUT2D eigenvalue weighted by Gasteiger charge is -2.31. The molecule has 0 N–H and O–H groups in total. The largest absolute Gasteiger partial charge is 0.378 e. The van der Waals surface area contributed by atoms with Gasteiger partial charge in [0.05, 0.1) is 18.9 Å². The van der Waals surface area contributed by atoms with Crippen LogP contribution in [0.15, 0.2) is 53.4 Å². The van der Waals surface area contributed by atoms with Crippen LogP contribution in [0.4, 0.5) is 0 Å². The van der Waals surface area contributed by atoms with Gasteiger partial charge in [0.1, 0.15) is 5.69 Å². The van der Waals surface area contributed by atoms with Crippen LogP contribution in [0.5, 0.6) is 0 Å². The normalized spacial score (nSPS) is 14.9. The number of piperidine rings is 1. The minimum atomic E-state index is -0.0770. The Balaban J connectivity index is 1.21. The average molecular weight is 379 g/mol. The van der Waals surface area contributed by atoms with E-state index in [1.165, 1.54) is 12.4 Å². The van der Waals surface area contributed by atoms with Crippen LogP contribution in [0.25, 0.3) is 11.5 Å². The molecular weight excluding hydrogens is 358 g/mol. The van der Waals surface area contributed by atoms with E-state index in [0.29, 0.717) is 43.5 Å². The predicted octanol–water partition coefficient (Wildman–Crippen LogP) is 2.39. The van der Waals surface area contributed by atoms with Gasteiger partial charge in [-0.3, -0.25) is 9.78 Å². The zero-order valence-corrected chi connectivity index (χ0v) is 15.4. The molecule has 2 aromatic heterocycles. The molecule has 1 aromatic carbocycles. The summed E-state index contributed by atoms with van der Waals surface area (Å²) in [5.41, 5.74) is 1.29. The predicted molar refractivity (Wildman–Crippen MR) is 100 cm³/mol. The van der Waals surface area contributed by atoms with Gasteiger partial charge in [-0.15, -0.1) is 0 Å². The van der Waals surface area contributed by atoms with E-state index in [2.05, 4.69) is 20.1 Å². The summed E-state index contributed by atoms with van der Waals surface area (Å²) in [4.78, 5) is 26.6. The van der Waals surface area contributed by atoms with E-state index < -0.39 is 0 Å². The molecule has 3 aromatic rings. The van der Waals surface area contributed by atoms with E-state index in [4.69, 9.17) is 9.26 Å². The highest BCUT2D eigenvalue weighted by atomic mass is 16.5. The molecule has 8 nitrogen and oxygen atoms in total. The molecule has 0 unspecified atom stereocenters. The molecule has 1 aliphatic heterocycles. The minimum Gasteiger partial charge on any atom is -0.378 e. The molecule has 0 saturated carbocycles. The molecule has 0 spiro atoms. The van der Waals surface area contributed by atoms with Crippen molar-refractivity contribution >= 4 is 5.91 Å². The van der Waals surface area contributed by atoms with Crippen molar-refractivity contribution in [3.63, 3.8) is 0 Å². The number of nitrogens with zero attached hydrogens (tertiary/aromatic N) is 5. The van der Waals surface area contributed by atoms with Crippen molar-refractivity contribution < 1.29 is 14.1 Å². The zero-order valence-electron chi connectivity index (χ0n) is 15.4. The van der Waals surface area contributed by atoms with Gasteiger partial charge in [-0.2, -0.15) is 4.98 Å². The highest BCUT2D eigenvalue weighted by molar-refractivity contribution is 5.92. The second-order valence-corrected chi connectivity index (χ2v) is 6.58. The molecule has 1 amide bonds. The summed E-state index contributed by atoms with van der Waals surface area (Å²) in [6, 6.07) is 9.68. The van der Waals surface area contributed by atoms with E-state index in [-0.39, 0.29) is 12.0 Å². The molecule has 8 heteroatoms. The number of ether oxygens (including phenoxy) is 1. The van der Waals surface area contributed by atoms with Crippen LogP contribution in [-0.2, 0) is 11.2 Å². The van der Waals surface area contributed by atoms with Gasteiger partial charge in [-0.25, -0.2) is 4.98 Å². The lowest BCUT2D eigenvalue weighted by atomic mass is 10.1. The number of aromatic nitrogens is 4. The van der Waals surface area contributed by atoms with Crippen LogP contribution in [-0.4, -0.2) is 56.7 Å². The number of carbonyl (C=O) groups is 1. The number of hydrogen-bond donors (Lipinski definition) is 0. The third-order valence-corrected chi connectivity index (χ3v) is 4.68. The molecule has 0 radical (unpaired) electrons. The van der Waals surface area contributed by atoms with Gasteiger partial charge in [0.25, 0.3) is 11.8 Å². The first-order valence-electron chi connectivity index (χ1n) is 9.34. The Kier molecular flexibility index (Phi) is 5.67. The van der Waals surface area contributed by atoms with Crippen LogP contribution >= 0.6 is 0 Å². The highest BCUT2D eigenvalue weighted by Crippen LogP contribution is 2.18. The number of carbonyl (C=O) groups excluding carboxylic acids is 1. The number of amides is 1. The number of benzene rings is 1. The number of hydrogen-bond acceptors (Lipinski definition) is 7. The lowest BCUT2D eigenvalue weighted by molar-refractivity contribution is 0.00930. The molecule has 28 heavy (non-hydrogen) atoms. The maximum Gasteiger partial charge on any atom is 0.274 e. The van der Waals surface area contributed by atoms with E-state index in [0.717, 1.165) is 18.4 Å². The number of likely N-dealkylation sites (tertiary alicyclic amines) is 1. The molecule has 0 atom stereocenters. The summed E-state index contributed by atoms with van der Waals surface area (Å²) in [7, 11) is 0. The monoisotopic (exact) mass is 379 g/mol. The summed E-state index contributed by atoms with van der Waals surface area (Å²) in [6.07, 6.45) is 6.91. The summed E-state index contributed by atoms with van der Waals surface area (Å²) >= 11 is 0. The molecule has 144 valence electrons. The smallest absolute Gasteiger partial charge is 0.274 e. The van der Waals surface area contributed by atoms with Crippen molar-refractivity contribution in [3.8, 4) is 11.5 Å². The Bertz CT molecular complexity index is 892. The Labute approximate surface area is 162 Å². The SMILES string of the molecule is O=C(c1cnccn1)N1CCC(OCCc2noc(-c3ccccc3)n2)CC1. The summed E-state index contributed by atoms with van der Waals surface area (Å²) in [5, 5.41) is 4.01. The second-order valence-electron chi connectivity index (χ2n) is 6.58. The van der Waals surface area contributed by atoms with E-state index >= 15 is 0 Å². The van der Waals surface area contributed by atoms with Crippen molar-refractivity contribution in [2.75, 3.05) is 19.7 Å². The molecule has 4 rings (SSSR count). The molecule has 0 bridgehead atoms. The van der Waals surface area contributed by atoms with Crippen LogP contribution < -0.4 is 0 Å². The van der Waals surface area contributed by atoms with Crippen molar-refractivity contribution in [2.24, 2.45) is 0 Å². The standard InChI is InChI=1S/C20H21N5O3/c26-20(17-14-21-9-10-22-17)25-11-6-16(7-12-25)27-13-8-18-23-19(28-24-18)15-4-2-1-3-5-15/h1-5,9-10,14,16H,6-8,11-13H2. The quantitative estimate of drug-likeness (QED) is 0.649. The fourth-order valence-corrected chi connectivity index (χ4v) is 3.17. The molecular formula is C20H21N5O3. The third-order valence-electron chi connectivity index (χ3n) is 4.68. The minimum absolute atomic E-state index is 0.0770. The Morgan fingerprint density at radius 2 is 2.00 bits per heavy atom. The Hall–Kier alpha value is -3.13. The fourth-order valence-electron chi connectivity index (χ4n) is 3.17. The molecule has 3 heterocycles. The van der Waals surface area contributed by atoms with E-state index in [1.807, 2.05) is 30.3 Å². The van der Waals surface area contributed by atoms with Crippen LogP contribution in [0, 0.1) is 0 Å². The highest BCUT2D eigenvalue weighted by Gasteiger charge is 2.24. The van der Waals surface area contributed by atoms with Crippen molar-refractivity contribution in [1.82, 2.24) is 25.0 Å². The van der Waals surface area contributed by atoms with Crippen molar-refractivity contribution in [2.45, 2.75) is 25.4 Å². The van der Waals surface area contributed by atoms with E-state index in [9.17, 15) is 4.79 Å². The van der Waals surface area contributed by atoms with Crippen molar-refractivity contribution in [1.29, 1.82) is 0 Å². The third kappa shape index (κ3) is 4.40. The van der Waals surface area contributed by atoms with Crippen molar-refractivity contribution in [3.05, 3.63) is 60.4 Å². The number of rotatable bonds is 6. The zero-order chi connectivity index (χ0) is 19.2. The van der Waals surface area contributed by atoms with Gasteiger partial charge < -0.3 is 14.2 Å². The van der Waals surface area contributed by atoms with E-state index in [1.54, 1.807) is 11.1 Å². The molecule has 1 aliphatic rings. The molecule has 1 fully saturated rings. The first-order chi connectivity index (χ1) is 13.8. The first kappa shape index (κ1) is 18.2. The second kappa shape index (κ2) is 8.71. The topological polar surface area (TPSA) is 94.2 Å². The fraction of sp³-hybridized carbons (Fsp3) is 0.350. The molecule has 1 saturated heterocycles. The van der Waals surface area contributed by atoms with Gasteiger partial charge >= 0.3 is 0 Å². The molecule has 0 aliphatic carbocycles.